The fourth-order valence-electron chi connectivity index (χ4n) is 1.65. The third-order valence-electron chi connectivity index (χ3n) is 2.50. The Morgan fingerprint density at radius 1 is 1.29 bits per heavy atom. The number of hydrogen-bond acceptors (Lipinski definition) is 5. The lowest BCUT2D eigenvalue weighted by Gasteiger charge is -2.10. The van der Waals surface area contributed by atoms with E-state index in [1.54, 1.807) is 24.7 Å². The lowest BCUT2D eigenvalue weighted by molar-refractivity contribution is -0.141. The highest BCUT2D eigenvalue weighted by molar-refractivity contribution is 7.99. The van der Waals surface area contributed by atoms with Crippen LogP contribution in [0.2, 0.25) is 0 Å². The van der Waals surface area contributed by atoms with Gasteiger partial charge in [-0.15, -0.1) is 0 Å². The molecule has 21 heavy (non-hydrogen) atoms. The van der Waals surface area contributed by atoms with Crippen molar-refractivity contribution in [3.8, 4) is 0 Å². The summed E-state index contributed by atoms with van der Waals surface area (Å²) in [6, 6.07) is 2.72. The minimum atomic E-state index is -4.51. The molecule has 2 aromatic rings. The summed E-state index contributed by atoms with van der Waals surface area (Å²) < 4.78 is 40.2. The van der Waals surface area contributed by atoms with Gasteiger partial charge in [-0.1, -0.05) is 11.8 Å². The minimum absolute atomic E-state index is 0.0336. The number of halogens is 3. The first-order valence-corrected chi connectivity index (χ1v) is 7.00. The molecular weight excluding hydrogens is 303 g/mol. The van der Waals surface area contributed by atoms with Crippen molar-refractivity contribution in [1.29, 1.82) is 0 Å². The maximum atomic E-state index is 12.9. The topological polar surface area (TPSA) is 55.6 Å². The van der Waals surface area contributed by atoms with Gasteiger partial charge in [-0.25, -0.2) is 9.97 Å². The van der Waals surface area contributed by atoms with E-state index in [1.807, 2.05) is 6.92 Å². The van der Waals surface area contributed by atoms with Gasteiger partial charge in [0.1, 0.15) is 10.1 Å². The van der Waals surface area contributed by atoms with Crippen LogP contribution in [0.15, 0.2) is 22.2 Å². The van der Waals surface area contributed by atoms with E-state index in [0.29, 0.717) is 11.6 Å². The number of hydrogen-bond donors (Lipinski definition) is 1. The Labute approximate surface area is 124 Å². The maximum Gasteiger partial charge on any atom is 0.433 e. The molecule has 9 heteroatoms. The van der Waals surface area contributed by atoms with Gasteiger partial charge in [-0.2, -0.15) is 18.3 Å². The molecule has 0 aromatic carbocycles. The van der Waals surface area contributed by atoms with E-state index in [9.17, 15) is 13.2 Å². The number of aryl methyl sites for hydroxylation is 2. The van der Waals surface area contributed by atoms with Crippen LogP contribution in [0.3, 0.4) is 0 Å². The average Bonchev–Trinajstić information content (AvgIpc) is 2.67. The zero-order chi connectivity index (χ0) is 15.6. The van der Waals surface area contributed by atoms with Crippen molar-refractivity contribution in [3.63, 3.8) is 0 Å². The molecular formula is C12H14F3N5S. The molecule has 2 rings (SSSR count). The summed E-state index contributed by atoms with van der Waals surface area (Å²) in [6.45, 7) is 4.02. The van der Waals surface area contributed by atoms with Crippen LogP contribution in [0.4, 0.5) is 19.1 Å². The van der Waals surface area contributed by atoms with Gasteiger partial charge in [0.15, 0.2) is 5.69 Å². The molecule has 0 bridgehead atoms. The summed E-state index contributed by atoms with van der Waals surface area (Å²) in [6.07, 6.45) is -4.51. The zero-order valence-corrected chi connectivity index (χ0v) is 12.5. The summed E-state index contributed by atoms with van der Waals surface area (Å²) in [4.78, 5) is 7.56. The lowest BCUT2D eigenvalue weighted by atomic mass is 10.4. The van der Waals surface area contributed by atoms with Gasteiger partial charge < -0.3 is 5.32 Å². The van der Waals surface area contributed by atoms with E-state index in [1.165, 1.54) is 0 Å². The van der Waals surface area contributed by atoms with Gasteiger partial charge in [-0.3, -0.25) is 4.68 Å². The Morgan fingerprint density at radius 3 is 2.52 bits per heavy atom. The van der Waals surface area contributed by atoms with Gasteiger partial charge in [0, 0.05) is 19.7 Å². The molecule has 0 atom stereocenters. The molecule has 0 radical (unpaired) electrons. The molecule has 0 unspecified atom stereocenters. The van der Waals surface area contributed by atoms with Crippen molar-refractivity contribution in [2.24, 2.45) is 7.05 Å². The zero-order valence-electron chi connectivity index (χ0n) is 11.7. The highest BCUT2D eigenvalue weighted by Gasteiger charge is 2.33. The summed E-state index contributed by atoms with van der Waals surface area (Å²) in [5.74, 6) is -0.0336. The predicted molar refractivity (Wildman–Crippen MR) is 73.3 cm³/mol. The van der Waals surface area contributed by atoms with Crippen LogP contribution in [-0.2, 0) is 13.2 Å². The second-order valence-corrected chi connectivity index (χ2v) is 5.33. The number of anilines is 1. The quantitative estimate of drug-likeness (QED) is 0.878. The normalized spacial score (nSPS) is 11.7. The number of nitrogens with one attached hydrogen (secondary N) is 1. The molecule has 0 aliphatic heterocycles. The predicted octanol–water partition coefficient (Wildman–Crippen LogP) is 3.12. The fraction of sp³-hybridized carbons (Fsp3) is 0.417. The standard InChI is InChI=1S/C12H14F3N5S/c1-4-16-11-17-8(12(13,14)15)6-9(18-11)21-10-5-7(2)19-20(10)3/h5-6H,4H2,1-3H3,(H,16,17,18). The Bertz CT molecular complexity index is 638. The van der Waals surface area contributed by atoms with E-state index >= 15 is 0 Å². The third-order valence-corrected chi connectivity index (χ3v) is 3.51. The van der Waals surface area contributed by atoms with Crippen molar-refractivity contribution in [2.75, 3.05) is 11.9 Å². The summed E-state index contributed by atoms with van der Waals surface area (Å²) in [7, 11) is 1.73. The number of alkyl halides is 3. The largest absolute Gasteiger partial charge is 0.433 e. The molecule has 5 nitrogen and oxygen atoms in total. The number of nitrogens with zero attached hydrogens (tertiary/aromatic N) is 4. The SMILES string of the molecule is CCNc1nc(Sc2cc(C)nn2C)cc(C(F)(F)F)n1. The molecule has 0 fully saturated rings. The first kappa shape index (κ1) is 15.6. The Hall–Kier alpha value is -1.77. The summed E-state index contributed by atoms with van der Waals surface area (Å²) in [5, 5.41) is 7.79. The van der Waals surface area contributed by atoms with Crippen molar-refractivity contribution < 1.29 is 13.2 Å². The molecule has 0 saturated heterocycles. The smallest absolute Gasteiger partial charge is 0.354 e. The number of rotatable bonds is 4. The first-order chi connectivity index (χ1) is 9.79. The Morgan fingerprint density at radius 2 is 2.00 bits per heavy atom. The van der Waals surface area contributed by atoms with Crippen molar-refractivity contribution in [1.82, 2.24) is 19.7 Å². The van der Waals surface area contributed by atoms with Crippen molar-refractivity contribution >= 4 is 17.7 Å². The molecule has 0 aliphatic rings. The van der Waals surface area contributed by atoms with E-state index in [0.717, 1.165) is 23.5 Å². The number of aromatic nitrogens is 4. The molecule has 114 valence electrons. The Balaban J connectivity index is 2.38. The Kier molecular flexibility index (Phi) is 4.40. The summed E-state index contributed by atoms with van der Waals surface area (Å²) >= 11 is 1.11. The van der Waals surface area contributed by atoms with Crippen LogP contribution in [-0.4, -0.2) is 26.3 Å². The highest BCUT2D eigenvalue weighted by atomic mass is 32.2. The van der Waals surface area contributed by atoms with Gasteiger partial charge in [0.25, 0.3) is 0 Å². The van der Waals surface area contributed by atoms with E-state index in [2.05, 4.69) is 20.4 Å². The van der Waals surface area contributed by atoms with Crippen LogP contribution in [0.25, 0.3) is 0 Å². The van der Waals surface area contributed by atoms with Crippen LogP contribution in [0, 0.1) is 6.92 Å². The first-order valence-electron chi connectivity index (χ1n) is 6.18. The molecule has 2 aromatic heterocycles. The second-order valence-electron chi connectivity index (χ2n) is 4.29. The minimum Gasteiger partial charge on any atom is -0.354 e. The highest BCUT2D eigenvalue weighted by Crippen LogP contribution is 2.33. The fourth-order valence-corrected chi connectivity index (χ4v) is 2.57. The monoisotopic (exact) mass is 317 g/mol. The van der Waals surface area contributed by atoms with Crippen molar-refractivity contribution in [3.05, 3.63) is 23.5 Å². The molecule has 0 aliphatic carbocycles. The molecule has 0 amide bonds. The van der Waals surface area contributed by atoms with Gasteiger partial charge in [0.2, 0.25) is 5.95 Å². The average molecular weight is 317 g/mol. The van der Waals surface area contributed by atoms with E-state index < -0.39 is 11.9 Å². The third kappa shape index (κ3) is 3.87. The van der Waals surface area contributed by atoms with Gasteiger partial charge >= 0.3 is 6.18 Å². The van der Waals surface area contributed by atoms with Crippen LogP contribution in [0.1, 0.15) is 18.3 Å². The molecule has 0 saturated carbocycles. The maximum absolute atomic E-state index is 12.9. The lowest BCUT2D eigenvalue weighted by Crippen LogP contribution is -2.12. The van der Waals surface area contributed by atoms with Crippen molar-refractivity contribution in [2.45, 2.75) is 30.1 Å². The van der Waals surface area contributed by atoms with Gasteiger partial charge in [0.05, 0.1) is 5.69 Å². The molecule has 1 N–H and O–H groups in total. The van der Waals surface area contributed by atoms with Crippen LogP contribution >= 0.6 is 11.8 Å². The van der Waals surface area contributed by atoms with Crippen LogP contribution < -0.4 is 5.32 Å². The van der Waals surface area contributed by atoms with Crippen LogP contribution in [0.5, 0.6) is 0 Å². The molecule has 0 spiro atoms. The van der Waals surface area contributed by atoms with Gasteiger partial charge in [-0.05, 0) is 19.9 Å². The summed E-state index contributed by atoms with van der Waals surface area (Å²) in [5.41, 5.74) is -0.174. The molecule has 2 heterocycles. The van der Waals surface area contributed by atoms with E-state index in [-0.39, 0.29) is 11.0 Å². The van der Waals surface area contributed by atoms with E-state index in [4.69, 9.17) is 0 Å². The second kappa shape index (κ2) is 5.92.